The maximum absolute atomic E-state index is 13.2. The topological polar surface area (TPSA) is 49.4 Å². The van der Waals surface area contributed by atoms with Crippen LogP contribution in [0.1, 0.15) is 46.1 Å². The van der Waals surface area contributed by atoms with Gasteiger partial charge in [-0.15, -0.1) is 0 Å². The van der Waals surface area contributed by atoms with Gasteiger partial charge in [-0.05, 0) is 41.8 Å². The normalized spacial score (nSPS) is 16.4. The van der Waals surface area contributed by atoms with Crippen molar-refractivity contribution < 1.29 is 9.59 Å². The highest BCUT2D eigenvalue weighted by Crippen LogP contribution is 2.40. The number of nitrogens with one attached hydrogen (secondary N) is 1. The predicted molar refractivity (Wildman–Crippen MR) is 114 cm³/mol. The van der Waals surface area contributed by atoms with E-state index in [0.717, 1.165) is 11.1 Å². The second kappa shape index (κ2) is 8.10. The van der Waals surface area contributed by atoms with E-state index in [2.05, 4.69) is 5.32 Å². The lowest BCUT2D eigenvalue weighted by atomic mass is 10.0. The molecule has 0 saturated heterocycles. The fourth-order valence-corrected chi connectivity index (χ4v) is 3.98. The molecule has 0 radical (unpaired) electrons. The molecule has 5 heteroatoms. The van der Waals surface area contributed by atoms with Gasteiger partial charge in [0.05, 0.1) is 6.04 Å². The van der Waals surface area contributed by atoms with E-state index in [1.54, 1.807) is 23.1 Å². The summed E-state index contributed by atoms with van der Waals surface area (Å²) in [6, 6.07) is 23.5. The van der Waals surface area contributed by atoms with E-state index in [1.807, 2.05) is 67.6 Å². The number of hydrogen-bond donors (Lipinski definition) is 1. The Bertz CT molecular complexity index is 1040. The van der Waals surface area contributed by atoms with Gasteiger partial charge in [-0.25, -0.2) is 0 Å². The van der Waals surface area contributed by atoms with Crippen molar-refractivity contribution in [2.45, 2.75) is 25.6 Å². The van der Waals surface area contributed by atoms with Crippen LogP contribution >= 0.6 is 11.6 Å². The smallest absolute Gasteiger partial charge is 0.255 e. The fourth-order valence-electron chi connectivity index (χ4n) is 3.80. The van der Waals surface area contributed by atoms with Crippen LogP contribution in [-0.4, -0.2) is 16.7 Å². The first kappa shape index (κ1) is 19.2. The lowest BCUT2D eigenvalue weighted by molar-refractivity contribution is -0.126. The first-order valence-corrected chi connectivity index (χ1v) is 9.93. The zero-order valence-electron chi connectivity index (χ0n) is 16.0. The molecule has 0 aliphatic carbocycles. The number of rotatable bonds is 5. The number of carbonyl (C=O) groups excluding carboxylic acids is 2. The summed E-state index contributed by atoms with van der Waals surface area (Å²) in [4.78, 5) is 28.1. The summed E-state index contributed by atoms with van der Waals surface area (Å²) >= 11 is 6.20. The van der Waals surface area contributed by atoms with Gasteiger partial charge in [-0.1, -0.05) is 72.3 Å². The summed E-state index contributed by atoms with van der Waals surface area (Å²) < 4.78 is 0. The molecule has 0 spiro atoms. The van der Waals surface area contributed by atoms with Crippen molar-refractivity contribution in [3.8, 4) is 0 Å². The number of carbonyl (C=O) groups is 2. The zero-order valence-corrected chi connectivity index (χ0v) is 16.8. The Morgan fingerprint density at radius 2 is 1.69 bits per heavy atom. The number of fused-ring (bicyclic) bond motifs is 1. The summed E-state index contributed by atoms with van der Waals surface area (Å²) in [6.07, 6.45) is 0. The zero-order chi connectivity index (χ0) is 20.4. The van der Waals surface area contributed by atoms with E-state index in [-0.39, 0.29) is 17.9 Å². The molecule has 146 valence electrons. The van der Waals surface area contributed by atoms with Gasteiger partial charge in [0.15, 0.2) is 0 Å². The molecule has 2 amide bonds. The van der Waals surface area contributed by atoms with Crippen molar-refractivity contribution in [2.24, 2.45) is 0 Å². The standard InChI is InChI=1S/C24H21ClN2O2/c1-16(18-10-6-3-7-11-18)27-22(21-14-19(25)12-13-20(21)24(27)29)23(28)26-15-17-8-4-2-5-9-17/h2-14,16,22H,15H2,1H3,(H,26,28)/t16?,22-/m1/s1. The Labute approximate surface area is 175 Å². The average molecular weight is 405 g/mol. The van der Waals surface area contributed by atoms with Crippen LogP contribution in [0.5, 0.6) is 0 Å². The van der Waals surface area contributed by atoms with Gasteiger partial charge in [-0.2, -0.15) is 0 Å². The summed E-state index contributed by atoms with van der Waals surface area (Å²) in [5.41, 5.74) is 3.15. The van der Waals surface area contributed by atoms with Gasteiger partial charge in [-0.3, -0.25) is 9.59 Å². The molecule has 29 heavy (non-hydrogen) atoms. The minimum absolute atomic E-state index is 0.159. The maximum Gasteiger partial charge on any atom is 0.255 e. The maximum atomic E-state index is 13.2. The molecule has 1 aliphatic rings. The molecule has 1 unspecified atom stereocenters. The number of halogens is 1. The molecule has 1 N–H and O–H groups in total. The molecule has 4 rings (SSSR count). The molecule has 2 atom stereocenters. The summed E-state index contributed by atoms with van der Waals surface area (Å²) in [5, 5.41) is 3.49. The van der Waals surface area contributed by atoms with Crippen molar-refractivity contribution in [3.05, 3.63) is 106 Å². The molecule has 1 aliphatic heterocycles. The largest absolute Gasteiger partial charge is 0.350 e. The minimum Gasteiger partial charge on any atom is -0.350 e. The van der Waals surface area contributed by atoms with Crippen LogP contribution in [0.4, 0.5) is 0 Å². The van der Waals surface area contributed by atoms with E-state index in [9.17, 15) is 9.59 Å². The molecule has 4 nitrogen and oxygen atoms in total. The molecule has 1 heterocycles. The summed E-state index contributed by atoms with van der Waals surface area (Å²) in [5.74, 6) is -0.376. The third-order valence-electron chi connectivity index (χ3n) is 5.31. The second-order valence-electron chi connectivity index (χ2n) is 7.14. The Morgan fingerprint density at radius 3 is 2.38 bits per heavy atom. The van der Waals surface area contributed by atoms with Crippen LogP contribution < -0.4 is 5.32 Å². The van der Waals surface area contributed by atoms with Gasteiger partial charge < -0.3 is 10.2 Å². The third kappa shape index (κ3) is 3.76. The van der Waals surface area contributed by atoms with Gasteiger partial charge in [0.25, 0.3) is 5.91 Å². The van der Waals surface area contributed by atoms with Gasteiger partial charge in [0, 0.05) is 17.1 Å². The highest BCUT2D eigenvalue weighted by atomic mass is 35.5. The lowest BCUT2D eigenvalue weighted by Crippen LogP contribution is -2.40. The van der Waals surface area contributed by atoms with E-state index >= 15 is 0 Å². The molecule has 3 aromatic carbocycles. The Kier molecular flexibility index (Phi) is 5.36. The van der Waals surface area contributed by atoms with E-state index in [1.165, 1.54) is 0 Å². The minimum atomic E-state index is -0.727. The molecular weight excluding hydrogens is 384 g/mol. The number of benzene rings is 3. The van der Waals surface area contributed by atoms with Crippen LogP contribution in [0.25, 0.3) is 0 Å². The monoisotopic (exact) mass is 404 g/mol. The quantitative estimate of drug-likeness (QED) is 0.656. The highest BCUT2D eigenvalue weighted by molar-refractivity contribution is 6.31. The second-order valence-corrected chi connectivity index (χ2v) is 7.57. The first-order valence-electron chi connectivity index (χ1n) is 9.55. The number of nitrogens with zero attached hydrogens (tertiary/aromatic N) is 1. The van der Waals surface area contributed by atoms with Gasteiger partial charge in [0.2, 0.25) is 5.91 Å². The molecule has 0 bridgehead atoms. The van der Waals surface area contributed by atoms with Crippen LogP contribution in [0, 0.1) is 0 Å². The van der Waals surface area contributed by atoms with Gasteiger partial charge >= 0.3 is 0 Å². The van der Waals surface area contributed by atoms with Crippen LogP contribution in [-0.2, 0) is 11.3 Å². The van der Waals surface area contributed by atoms with E-state index in [0.29, 0.717) is 22.7 Å². The highest BCUT2D eigenvalue weighted by Gasteiger charge is 2.43. The molecule has 3 aromatic rings. The fraction of sp³-hybridized carbons (Fsp3) is 0.167. The van der Waals surface area contributed by atoms with E-state index in [4.69, 9.17) is 11.6 Å². The summed E-state index contributed by atoms with van der Waals surface area (Å²) in [7, 11) is 0. The van der Waals surface area contributed by atoms with E-state index < -0.39 is 6.04 Å². The van der Waals surface area contributed by atoms with Crippen molar-refractivity contribution in [3.63, 3.8) is 0 Å². The van der Waals surface area contributed by atoms with Gasteiger partial charge in [0.1, 0.15) is 6.04 Å². The van der Waals surface area contributed by atoms with Crippen molar-refractivity contribution in [1.82, 2.24) is 10.2 Å². The Balaban J connectivity index is 1.67. The Morgan fingerprint density at radius 1 is 1.03 bits per heavy atom. The van der Waals surface area contributed by atoms with Crippen LogP contribution in [0.3, 0.4) is 0 Å². The molecule has 0 saturated carbocycles. The van der Waals surface area contributed by atoms with Crippen molar-refractivity contribution in [2.75, 3.05) is 0 Å². The lowest BCUT2D eigenvalue weighted by Gasteiger charge is -2.31. The van der Waals surface area contributed by atoms with Crippen LogP contribution in [0.15, 0.2) is 78.9 Å². The number of amides is 2. The third-order valence-corrected chi connectivity index (χ3v) is 5.54. The molecule has 0 aromatic heterocycles. The van der Waals surface area contributed by atoms with Crippen molar-refractivity contribution >= 4 is 23.4 Å². The molecular formula is C24H21ClN2O2. The van der Waals surface area contributed by atoms with Crippen molar-refractivity contribution in [1.29, 1.82) is 0 Å². The predicted octanol–water partition coefficient (Wildman–Crippen LogP) is 4.91. The average Bonchev–Trinajstić information content (AvgIpc) is 3.04. The SMILES string of the molecule is CC(c1ccccc1)N1C(=O)c2ccc(Cl)cc2[C@@H]1C(=O)NCc1ccccc1. The first-order chi connectivity index (χ1) is 14.1. The Hall–Kier alpha value is -3.11. The summed E-state index contributed by atoms with van der Waals surface area (Å²) in [6.45, 7) is 2.34. The van der Waals surface area contributed by atoms with Crippen LogP contribution in [0.2, 0.25) is 5.02 Å². The molecule has 0 fully saturated rings. The number of hydrogen-bond acceptors (Lipinski definition) is 2.